The molecule has 0 spiro atoms. The van der Waals surface area contributed by atoms with Crippen LogP contribution in [0.4, 0.5) is 17.6 Å². The summed E-state index contributed by atoms with van der Waals surface area (Å²) in [6, 6.07) is 9.86. The number of carbonyl (C=O) groups is 1. The van der Waals surface area contributed by atoms with E-state index in [0.717, 1.165) is 42.0 Å². The van der Waals surface area contributed by atoms with E-state index < -0.39 is 17.6 Å². The van der Waals surface area contributed by atoms with Crippen LogP contribution < -0.4 is 0 Å². The molecule has 0 saturated carbocycles. The molecule has 0 radical (unpaired) electrons. The predicted molar refractivity (Wildman–Crippen MR) is 121 cm³/mol. The van der Waals surface area contributed by atoms with Crippen molar-refractivity contribution in [1.82, 2.24) is 19.6 Å². The van der Waals surface area contributed by atoms with Gasteiger partial charge in [-0.1, -0.05) is 6.07 Å². The van der Waals surface area contributed by atoms with Crippen LogP contribution in [0.25, 0.3) is 11.3 Å². The Morgan fingerprint density at radius 3 is 2.35 bits per heavy atom. The fraction of sp³-hybridized carbons (Fsp3) is 0.360. The maximum Gasteiger partial charge on any atom is 0.416 e. The van der Waals surface area contributed by atoms with E-state index in [1.807, 2.05) is 31.0 Å². The molecule has 0 unspecified atom stereocenters. The van der Waals surface area contributed by atoms with Gasteiger partial charge in [0.25, 0.3) is 5.91 Å². The molecule has 2 aromatic carbocycles. The molecular formula is C25H26F4N4O. The number of carbonyl (C=O) groups excluding carboxylic acids is 1. The molecule has 1 aliphatic heterocycles. The number of benzene rings is 2. The van der Waals surface area contributed by atoms with Crippen LogP contribution in [0.2, 0.25) is 0 Å². The number of halogens is 4. The van der Waals surface area contributed by atoms with Crippen molar-refractivity contribution in [2.24, 2.45) is 7.05 Å². The van der Waals surface area contributed by atoms with Gasteiger partial charge in [-0.25, -0.2) is 4.39 Å². The predicted octanol–water partition coefficient (Wildman–Crippen LogP) is 4.53. The van der Waals surface area contributed by atoms with Crippen molar-refractivity contribution in [3.8, 4) is 11.3 Å². The molecule has 0 bridgehead atoms. The van der Waals surface area contributed by atoms with Gasteiger partial charge in [0.1, 0.15) is 5.82 Å². The molecule has 4 rings (SSSR count). The Bertz CT molecular complexity index is 1210. The Morgan fingerprint density at radius 2 is 1.71 bits per heavy atom. The first kappa shape index (κ1) is 23.9. The summed E-state index contributed by atoms with van der Waals surface area (Å²) in [5.41, 5.74) is 2.77. The number of aromatic nitrogens is 2. The molecule has 5 nitrogen and oxygen atoms in total. The van der Waals surface area contributed by atoms with E-state index in [1.54, 1.807) is 23.9 Å². The lowest BCUT2D eigenvalue weighted by molar-refractivity contribution is -0.137. The lowest BCUT2D eigenvalue weighted by Crippen LogP contribution is -2.47. The van der Waals surface area contributed by atoms with Gasteiger partial charge < -0.3 is 9.80 Å². The van der Waals surface area contributed by atoms with Gasteiger partial charge in [-0.15, -0.1) is 0 Å². The highest BCUT2D eigenvalue weighted by molar-refractivity contribution is 5.96. The van der Waals surface area contributed by atoms with Crippen LogP contribution in [-0.2, 0) is 19.6 Å². The van der Waals surface area contributed by atoms with Gasteiger partial charge in [0.2, 0.25) is 0 Å². The third-order valence-electron chi connectivity index (χ3n) is 6.14. The number of alkyl halides is 3. The average molecular weight is 475 g/mol. The van der Waals surface area contributed by atoms with Crippen LogP contribution in [0.15, 0.2) is 42.5 Å². The van der Waals surface area contributed by atoms with Crippen molar-refractivity contribution in [3.05, 3.63) is 76.2 Å². The third kappa shape index (κ3) is 5.14. The van der Waals surface area contributed by atoms with E-state index in [1.165, 1.54) is 0 Å². The van der Waals surface area contributed by atoms with Gasteiger partial charge in [0.15, 0.2) is 0 Å². The quantitative estimate of drug-likeness (QED) is 0.522. The van der Waals surface area contributed by atoms with E-state index in [2.05, 4.69) is 10.00 Å². The number of likely N-dealkylation sites (N-methyl/N-ethyl adjacent to an activating group) is 1. The molecule has 1 fully saturated rings. The Morgan fingerprint density at radius 1 is 1.00 bits per heavy atom. The standard InChI is InChI=1S/C25H26F4N4O/c1-16-10-18(4-5-22(16)24(34)33-8-6-31(2)7-9-33)23-15-21(30-32(23)3)13-17-11-19(25(27,28)29)14-20(26)12-17/h4-5,10-12,14-15H,6-9,13H2,1-3H3. The van der Waals surface area contributed by atoms with Crippen molar-refractivity contribution in [1.29, 1.82) is 0 Å². The van der Waals surface area contributed by atoms with Crippen LogP contribution in [-0.4, -0.2) is 58.7 Å². The Labute approximate surface area is 195 Å². The van der Waals surface area contributed by atoms with Crippen molar-refractivity contribution < 1.29 is 22.4 Å². The minimum atomic E-state index is -4.62. The Kier molecular flexibility index (Phi) is 6.49. The second-order valence-electron chi connectivity index (χ2n) is 8.79. The van der Waals surface area contributed by atoms with Crippen molar-refractivity contribution in [3.63, 3.8) is 0 Å². The number of nitrogens with zero attached hydrogens (tertiary/aromatic N) is 4. The van der Waals surface area contributed by atoms with Crippen LogP contribution in [0, 0.1) is 12.7 Å². The first-order valence-electron chi connectivity index (χ1n) is 11.0. The number of piperazine rings is 1. The van der Waals surface area contributed by atoms with E-state index in [4.69, 9.17) is 0 Å². The monoisotopic (exact) mass is 474 g/mol. The lowest BCUT2D eigenvalue weighted by Gasteiger charge is -2.32. The van der Waals surface area contributed by atoms with Crippen molar-refractivity contribution in [2.45, 2.75) is 19.5 Å². The summed E-state index contributed by atoms with van der Waals surface area (Å²) in [5.74, 6) is -0.924. The van der Waals surface area contributed by atoms with Crippen molar-refractivity contribution >= 4 is 5.91 Å². The minimum absolute atomic E-state index is 0.00872. The molecule has 34 heavy (non-hydrogen) atoms. The summed E-state index contributed by atoms with van der Waals surface area (Å²) in [6.45, 7) is 4.96. The summed E-state index contributed by atoms with van der Waals surface area (Å²) in [5, 5.41) is 4.40. The van der Waals surface area contributed by atoms with E-state index in [-0.39, 0.29) is 17.9 Å². The van der Waals surface area contributed by atoms with Gasteiger partial charge in [0, 0.05) is 50.8 Å². The number of hydrogen-bond acceptors (Lipinski definition) is 3. The molecule has 1 saturated heterocycles. The smallest absolute Gasteiger partial charge is 0.336 e. The van der Waals surface area contributed by atoms with E-state index in [0.29, 0.717) is 30.4 Å². The third-order valence-corrected chi connectivity index (χ3v) is 6.14. The molecule has 9 heteroatoms. The van der Waals surface area contributed by atoms with Gasteiger partial charge in [-0.3, -0.25) is 9.48 Å². The highest BCUT2D eigenvalue weighted by Gasteiger charge is 2.31. The molecule has 0 atom stereocenters. The van der Waals surface area contributed by atoms with E-state index in [9.17, 15) is 22.4 Å². The highest BCUT2D eigenvalue weighted by atomic mass is 19.4. The Hall–Kier alpha value is -3.20. The van der Waals surface area contributed by atoms with E-state index >= 15 is 0 Å². The summed E-state index contributed by atoms with van der Waals surface area (Å²) in [4.78, 5) is 17.0. The maximum atomic E-state index is 13.8. The van der Waals surface area contributed by atoms with Crippen LogP contribution in [0.1, 0.15) is 32.7 Å². The molecule has 0 aliphatic carbocycles. The second-order valence-corrected chi connectivity index (χ2v) is 8.79. The summed E-state index contributed by atoms with van der Waals surface area (Å²) in [7, 11) is 3.78. The molecule has 1 aromatic heterocycles. The molecule has 3 aromatic rings. The molecule has 1 aliphatic rings. The van der Waals surface area contributed by atoms with Crippen LogP contribution in [0.5, 0.6) is 0 Å². The summed E-state index contributed by atoms with van der Waals surface area (Å²) >= 11 is 0. The minimum Gasteiger partial charge on any atom is -0.336 e. The van der Waals surface area contributed by atoms with Gasteiger partial charge in [-0.05, 0) is 61.5 Å². The number of rotatable bonds is 4. The van der Waals surface area contributed by atoms with Crippen LogP contribution in [0.3, 0.4) is 0 Å². The Balaban J connectivity index is 1.55. The first-order valence-corrected chi connectivity index (χ1v) is 11.0. The average Bonchev–Trinajstić information content (AvgIpc) is 3.12. The van der Waals surface area contributed by atoms with Gasteiger partial charge in [-0.2, -0.15) is 18.3 Å². The fourth-order valence-corrected chi connectivity index (χ4v) is 4.25. The highest BCUT2D eigenvalue weighted by Crippen LogP contribution is 2.31. The SMILES string of the molecule is Cc1cc(-c2cc(Cc3cc(F)cc(C(F)(F)F)c3)nn2C)ccc1C(=O)N1CCN(C)CC1. The lowest BCUT2D eigenvalue weighted by atomic mass is 10.0. The number of aryl methyl sites for hydroxylation is 2. The number of hydrogen-bond donors (Lipinski definition) is 0. The second kappa shape index (κ2) is 9.21. The molecular weight excluding hydrogens is 448 g/mol. The molecule has 1 amide bonds. The largest absolute Gasteiger partial charge is 0.416 e. The summed E-state index contributed by atoms with van der Waals surface area (Å²) in [6.07, 6.45) is -4.55. The van der Waals surface area contributed by atoms with Gasteiger partial charge in [0.05, 0.1) is 17.0 Å². The zero-order valence-corrected chi connectivity index (χ0v) is 19.3. The zero-order valence-electron chi connectivity index (χ0n) is 19.3. The molecule has 2 heterocycles. The number of amides is 1. The normalized spacial score (nSPS) is 15.1. The van der Waals surface area contributed by atoms with Gasteiger partial charge >= 0.3 is 6.18 Å². The van der Waals surface area contributed by atoms with Crippen molar-refractivity contribution in [2.75, 3.05) is 33.2 Å². The fourth-order valence-electron chi connectivity index (χ4n) is 4.25. The molecule has 0 N–H and O–H groups in total. The molecule has 180 valence electrons. The topological polar surface area (TPSA) is 41.4 Å². The summed E-state index contributed by atoms with van der Waals surface area (Å²) < 4.78 is 54.5. The zero-order chi connectivity index (χ0) is 24.6. The first-order chi connectivity index (χ1) is 16.0. The maximum absolute atomic E-state index is 13.8. The van der Waals surface area contributed by atoms with Crippen LogP contribution >= 0.6 is 0 Å².